The minimum atomic E-state index is -2.14. The Labute approximate surface area is 474 Å². The average Bonchev–Trinajstić information content (AvgIpc) is 3.75. The summed E-state index contributed by atoms with van der Waals surface area (Å²) in [5, 5.41) is 6.58. The quantitative estimate of drug-likeness (QED) is 0.0820. The van der Waals surface area contributed by atoms with Gasteiger partial charge in [-0.1, -0.05) is 175 Å². The molecule has 3 aromatic heterocycles. The second-order valence-corrected chi connectivity index (χ2v) is 22.4. The van der Waals surface area contributed by atoms with Crippen LogP contribution in [0.4, 0.5) is 0 Å². The van der Waals surface area contributed by atoms with Crippen molar-refractivity contribution >= 4 is 75.1 Å². The summed E-state index contributed by atoms with van der Waals surface area (Å²) in [7, 11) is 0. The second-order valence-electron chi connectivity index (χ2n) is 21.3. The Kier molecular flexibility index (Phi) is 13.2. The molecule has 4 nitrogen and oxygen atoms in total. The molecule has 77 heavy (non-hydrogen) atoms. The summed E-state index contributed by atoms with van der Waals surface area (Å²) in [5.74, 6) is 3.23. The summed E-state index contributed by atoms with van der Waals surface area (Å²) >= 11 is 1.78. The van der Waals surface area contributed by atoms with E-state index in [9.17, 15) is 0 Å². The molecular weight excluding hydrogens is 1130 g/mol. The number of rotatable bonds is 9. The van der Waals surface area contributed by atoms with Gasteiger partial charge < -0.3 is 9.13 Å². The molecule has 0 saturated heterocycles. The van der Waals surface area contributed by atoms with Crippen LogP contribution in [-0.4, -0.2) is 9.55 Å². The monoisotopic (exact) mass is 1200 g/mol. The number of para-hydroxylation sites is 5. The van der Waals surface area contributed by atoms with Crippen molar-refractivity contribution in [2.75, 3.05) is 0 Å². The fourth-order valence-electron chi connectivity index (χ4n) is 11.2. The first-order valence-corrected chi connectivity index (χ1v) is 27.5. The van der Waals surface area contributed by atoms with Crippen molar-refractivity contribution < 1.29 is 28.8 Å². The van der Waals surface area contributed by atoms with E-state index in [1.165, 1.54) is 54.8 Å². The van der Waals surface area contributed by atoms with Crippen molar-refractivity contribution in [1.82, 2.24) is 14.5 Å². The van der Waals surface area contributed by atoms with E-state index in [1.54, 1.807) is 23.5 Å². The van der Waals surface area contributed by atoms with Crippen LogP contribution in [0.1, 0.15) is 111 Å². The summed E-state index contributed by atoms with van der Waals surface area (Å²) in [6.45, 7) is 16.0. The molecule has 0 fully saturated rings. The van der Waals surface area contributed by atoms with E-state index >= 15 is 0 Å². The van der Waals surface area contributed by atoms with Crippen molar-refractivity contribution in [2.45, 2.75) is 85.9 Å². The number of aromatic nitrogens is 4. The van der Waals surface area contributed by atoms with E-state index in [4.69, 9.17) is 14.1 Å². The van der Waals surface area contributed by atoms with Crippen molar-refractivity contribution in [3.8, 4) is 45.3 Å². The molecule has 0 radical (unpaired) electrons. The van der Waals surface area contributed by atoms with Crippen molar-refractivity contribution in [3.63, 3.8) is 0 Å². The molecular formula is C71H62IrN4S+. The maximum atomic E-state index is 7.92. The molecule has 0 aliphatic carbocycles. The van der Waals surface area contributed by atoms with Gasteiger partial charge in [-0.15, -0.1) is 54.1 Å². The number of hydrogen-bond acceptors (Lipinski definition) is 2. The van der Waals surface area contributed by atoms with E-state index in [0.29, 0.717) is 17.4 Å². The number of aryl methyl sites for hydroxylation is 1. The molecule has 380 valence electrons. The summed E-state index contributed by atoms with van der Waals surface area (Å²) in [5.41, 5.74) is 16.7. The van der Waals surface area contributed by atoms with Gasteiger partial charge in [-0.05, 0) is 144 Å². The Bertz CT molecular complexity index is 4380. The maximum absolute atomic E-state index is 7.92. The molecule has 0 N–H and O–H groups in total. The number of thiophene rings is 1. The zero-order chi connectivity index (χ0) is 54.9. The van der Waals surface area contributed by atoms with Gasteiger partial charge in [0.05, 0.1) is 33.7 Å². The van der Waals surface area contributed by atoms with E-state index in [2.05, 4.69) is 216 Å². The molecule has 6 heteroatoms. The third kappa shape index (κ3) is 9.31. The second kappa shape index (κ2) is 21.2. The molecule has 0 bridgehead atoms. The minimum absolute atomic E-state index is 0. The SMILES string of the molecule is CC(C)c1cccc(C(C)C)c1-n1c(-c2[c-]cccc2)nc2ccccc21.[2H]C([2H])([2H])c1ccc2c(ccc3cc4sc5c(-c6[n-]c7ccccc7[n+]6-c6c(C(C)C)cc(-c7ccccc7)cc6C(C)C)[c-]ccc5c4cc32)c1.[Ir+3]. The third-order valence-corrected chi connectivity index (χ3v) is 16.2. The zero-order valence-corrected chi connectivity index (χ0v) is 47.9. The Morgan fingerprint density at radius 3 is 1.94 bits per heavy atom. The van der Waals surface area contributed by atoms with Crippen LogP contribution in [0.15, 0.2) is 188 Å². The number of hydrogen-bond donors (Lipinski definition) is 0. The first-order chi connectivity index (χ1) is 38.1. The van der Waals surface area contributed by atoms with E-state index in [1.807, 2.05) is 36.4 Å². The first kappa shape index (κ1) is 47.9. The van der Waals surface area contributed by atoms with Gasteiger partial charge in [0.1, 0.15) is 0 Å². The average molecular weight is 1200 g/mol. The van der Waals surface area contributed by atoms with E-state index in [-0.39, 0.29) is 31.9 Å². The molecule has 0 aliphatic heterocycles. The van der Waals surface area contributed by atoms with Crippen molar-refractivity contribution in [3.05, 3.63) is 228 Å². The summed E-state index contributed by atoms with van der Waals surface area (Å²) < 4.78 is 30.8. The van der Waals surface area contributed by atoms with Gasteiger partial charge in [-0.3, -0.25) is 9.97 Å². The van der Waals surface area contributed by atoms with Crippen LogP contribution in [-0.2, 0) is 20.1 Å². The fourth-order valence-corrected chi connectivity index (χ4v) is 12.5. The van der Waals surface area contributed by atoms with E-state index < -0.39 is 6.85 Å². The Balaban J connectivity index is 0.000000203. The molecule has 10 aromatic carbocycles. The van der Waals surface area contributed by atoms with Crippen LogP contribution in [0.5, 0.6) is 0 Å². The van der Waals surface area contributed by atoms with Crippen molar-refractivity contribution in [2.24, 2.45) is 0 Å². The summed E-state index contributed by atoms with van der Waals surface area (Å²) in [6, 6.07) is 72.5. The van der Waals surface area contributed by atoms with Gasteiger partial charge in [0, 0.05) is 20.2 Å². The molecule has 0 aliphatic rings. The van der Waals surface area contributed by atoms with Crippen LogP contribution in [0.2, 0.25) is 0 Å². The van der Waals surface area contributed by atoms with Gasteiger partial charge in [-0.25, -0.2) is 0 Å². The Morgan fingerprint density at radius 2 is 1.23 bits per heavy atom. The van der Waals surface area contributed by atoms with Crippen LogP contribution in [0, 0.1) is 19.0 Å². The fraction of sp³-hybridized carbons (Fsp3) is 0.183. The summed E-state index contributed by atoms with van der Waals surface area (Å²) in [6.07, 6.45) is 0. The maximum Gasteiger partial charge on any atom is 3.00 e. The minimum Gasteiger partial charge on any atom is -0.333 e. The third-order valence-electron chi connectivity index (χ3n) is 15.0. The molecule has 0 saturated carbocycles. The standard InChI is InChI=1S/C46H37N2S.C25H25N2.Ir/c1-27(2)37-23-33(30-12-7-6-8-13-30)24-38(28(3)4)44(37)48-42-17-10-9-16-41(42)47-46(48)36-15-11-14-35-40-26-39-32(25-43(40)49-45(35)36)20-19-31-22-29(5)18-21-34(31)39;1-17(2)20-13-10-14-21(18(3)4)24(20)27-23-16-9-8-15-22(23)26-25(27)19-11-6-5-7-12-19;/h6-14,16-28H,1-5H3;5-11,13-18H,1-4H3;/q2*-1;+3/i5D3;;. The predicted molar refractivity (Wildman–Crippen MR) is 323 cm³/mol. The predicted octanol–water partition coefficient (Wildman–Crippen LogP) is 19.2. The molecule has 13 rings (SSSR count). The summed E-state index contributed by atoms with van der Waals surface area (Å²) in [4.78, 5) is 10.4. The normalized spacial score (nSPS) is 12.5. The molecule has 0 unspecified atom stereocenters. The van der Waals surface area contributed by atoms with Gasteiger partial charge in [0.15, 0.2) is 0 Å². The van der Waals surface area contributed by atoms with Crippen LogP contribution < -0.4 is 9.55 Å². The first-order valence-electron chi connectivity index (χ1n) is 28.2. The van der Waals surface area contributed by atoms with Gasteiger partial charge >= 0.3 is 20.1 Å². The van der Waals surface area contributed by atoms with E-state index in [0.717, 1.165) is 76.5 Å². The van der Waals surface area contributed by atoms with Gasteiger partial charge in [-0.2, -0.15) is 11.3 Å². The number of benzene rings is 10. The van der Waals surface area contributed by atoms with Crippen LogP contribution in [0.3, 0.4) is 0 Å². The molecule has 0 amide bonds. The topological polar surface area (TPSA) is 35.8 Å². The molecule has 0 spiro atoms. The molecule has 3 heterocycles. The number of imidazole rings is 2. The number of fused-ring (bicyclic) bond motifs is 8. The van der Waals surface area contributed by atoms with Gasteiger partial charge in [0.25, 0.3) is 0 Å². The van der Waals surface area contributed by atoms with Crippen LogP contribution >= 0.6 is 11.3 Å². The Morgan fingerprint density at radius 1 is 0.558 bits per heavy atom. The van der Waals surface area contributed by atoms with Crippen LogP contribution in [0.25, 0.3) is 109 Å². The number of nitrogens with zero attached hydrogens (tertiary/aromatic N) is 4. The Hall–Kier alpha value is -7.47. The van der Waals surface area contributed by atoms with Gasteiger partial charge in [0.2, 0.25) is 0 Å². The smallest absolute Gasteiger partial charge is 0.333 e. The van der Waals surface area contributed by atoms with Crippen molar-refractivity contribution in [1.29, 1.82) is 0 Å². The largest absolute Gasteiger partial charge is 3.00 e. The molecule has 13 aromatic rings. The zero-order valence-electron chi connectivity index (χ0n) is 47.7. The molecule has 0 atom stereocenters.